The minimum absolute atomic E-state index is 0.216. The third kappa shape index (κ3) is 1.19. The number of halogens is 1. The Kier molecular flexibility index (Phi) is 1.66. The summed E-state index contributed by atoms with van der Waals surface area (Å²) in [4.78, 5) is 0. The maximum Gasteiger partial charge on any atom is 0.170 e. The molecule has 1 aromatic carbocycles. The molecule has 1 saturated heterocycles. The molecule has 0 aliphatic carbocycles. The molecule has 2 aromatic rings. The van der Waals surface area contributed by atoms with Crippen LogP contribution in [0.3, 0.4) is 0 Å². The van der Waals surface area contributed by atoms with E-state index in [4.69, 9.17) is 4.42 Å². The lowest BCUT2D eigenvalue weighted by Gasteiger charge is -2.35. The fraction of sp³-hybridized carbons (Fsp3) is 0.273. The predicted molar refractivity (Wildman–Crippen MR) is 52.9 cm³/mol. The number of para-hydroxylation sites is 1. The smallest absolute Gasteiger partial charge is 0.170 e. The summed E-state index contributed by atoms with van der Waals surface area (Å²) in [7, 11) is 0. The molecule has 0 radical (unpaired) electrons. The topological polar surface area (TPSA) is 45.4 Å². The summed E-state index contributed by atoms with van der Waals surface area (Å²) in [5, 5.41) is 13.6. The van der Waals surface area contributed by atoms with E-state index >= 15 is 0 Å². The van der Waals surface area contributed by atoms with Crippen molar-refractivity contribution in [3.8, 4) is 0 Å². The van der Waals surface area contributed by atoms with Gasteiger partial charge in [0, 0.05) is 18.5 Å². The van der Waals surface area contributed by atoms with E-state index in [2.05, 4.69) is 5.32 Å². The number of hydrogen-bond acceptors (Lipinski definition) is 3. The second-order valence-corrected chi connectivity index (χ2v) is 3.90. The van der Waals surface area contributed by atoms with Gasteiger partial charge in [0.25, 0.3) is 0 Å². The number of benzene rings is 1. The van der Waals surface area contributed by atoms with Crippen molar-refractivity contribution in [3.63, 3.8) is 0 Å². The average molecular weight is 207 g/mol. The molecule has 1 aliphatic rings. The lowest BCUT2D eigenvalue weighted by Crippen LogP contribution is -2.56. The van der Waals surface area contributed by atoms with Crippen molar-refractivity contribution in [3.05, 3.63) is 35.8 Å². The first-order valence-corrected chi connectivity index (χ1v) is 4.81. The molecule has 3 nitrogen and oxygen atoms in total. The van der Waals surface area contributed by atoms with E-state index in [0.717, 1.165) is 0 Å². The summed E-state index contributed by atoms with van der Waals surface area (Å²) in [6, 6.07) is 6.43. The predicted octanol–water partition coefficient (Wildman–Crippen LogP) is 1.36. The first-order chi connectivity index (χ1) is 7.19. The Balaban J connectivity index is 2.18. The van der Waals surface area contributed by atoms with Gasteiger partial charge in [0.05, 0.1) is 0 Å². The number of fused-ring (bicyclic) bond motifs is 1. The molecule has 1 fully saturated rings. The Morgan fingerprint density at radius 3 is 2.80 bits per heavy atom. The number of furan rings is 1. The van der Waals surface area contributed by atoms with Crippen molar-refractivity contribution in [2.75, 3.05) is 13.1 Å². The molecular weight excluding hydrogens is 197 g/mol. The molecular formula is C11H10FNO2. The second kappa shape index (κ2) is 2.81. The Labute approximate surface area is 85.5 Å². The molecule has 3 rings (SSSR count). The van der Waals surface area contributed by atoms with Gasteiger partial charge in [0.1, 0.15) is 11.4 Å². The van der Waals surface area contributed by atoms with E-state index in [1.165, 1.54) is 6.07 Å². The average Bonchev–Trinajstić information content (AvgIpc) is 2.59. The van der Waals surface area contributed by atoms with E-state index in [1.807, 2.05) is 0 Å². The zero-order valence-corrected chi connectivity index (χ0v) is 7.96. The van der Waals surface area contributed by atoms with Gasteiger partial charge in [-0.05, 0) is 12.1 Å². The summed E-state index contributed by atoms with van der Waals surface area (Å²) in [5.74, 6) is 0.0379. The molecule has 4 heteroatoms. The van der Waals surface area contributed by atoms with E-state index in [-0.39, 0.29) is 5.58 Å². The Bertz CT molecular complexity index is 516. The highest BCUT2D eigenvalue weighted by atomic mass is 19.1. The monoisotopic (exact) mass is 207 g/mol. The molecule has 78 valence electrons. The zero-order valence-electron chi connectivity index (χ0n) is 7.96. The number of β-amino-alcohol motifs (C(OH)–C–C–N with tert-alkyl or cyclic N) is 1. The standard InChI is InChI=1S/C11H10FNO2/c12-8-3-1-2-7-4-9(15-10(7)8)11(14)5-13-6-11/h1-4,13-14H,5-6H2. The highest BCUT2D eigenvalue weighted by Crippen LogP contribution is 2.31. The summed E-state index contributed by atoms with van der Waals surface area (Å²) in [6.45, 7) is 0.906. The van der Waals surface area contributed by atoms with Gasteiger partial charge in [0.15, 0.2) is 11.4 Å². The first kappa shape index (κ1) is 8.88. The SMILES string of the molecule is OC1(c2cc3cccc(F)c3o2)CNC1. The van der Waals surface area contributed by atoms with Crippen molar-refractivity contribution in [2.24, 2.45) is 0 Å². The van der Waals surface area contributed by atoms with Gasteiger partial charge in [-0.25, -0.2) is 4.39 Å². The van der Waals surface area contributed by atoms with E-state index in [1.54, 1.807) is 18.2 Å². The van der Waals surface area contributed by atoms with Crippen LogP contribution in [0, 0.1) is 5.82 Å². The molecule has 0 unspecified atom stereocenters. The van der Waals surface area contributed by atoms with Crippen LogP contribution in [0.15, 0.2) is 28.7 Å². The van der Waals surface area contributed by atoms with Crippen molar-refractivity contribution in [2.45, 2.75) is 5.60 Å². The molecule has 0 spiro atoms. The van der Waals surface area contributed by atoms with Crippen LogP contribution >= 0.6 is 0 Å². The lowest BCUT2D eigenvalue weighted by molar-refractivity contribution is -0.0321. The largest absolute Gasteiger partial charge is 0.455 e. The normalized spacial score (nSPS) is 19.1. The van der Waals surface area contributed by atoms with Crippen LogP contribution in [0.1, 0.15) is 5.76 Å². The number of nitrogens with one attached hydrogen (secondary N) is 1. The minimum Gasteiger partial charge on any atom is -0.455 e. The maximum atomic E-state index is 13.3. The number of aliphatic hydroxyl groups is 1. The van der Waals surface area contributed by atoms with E-state index in [0.29, 0.717) is 24.2 Å². The summed E-state index contributed by atoms with van der Waals surface area (Å²) >= 11 is 0. The van der Waals surface area contributed by atoms with Crippen LogP contribution in [-0.2, 0) is 5.60 Å². The third-order valence-corrected chi connectivity index (χ3v) is 2.79. The van der Waals surface area contributed by atoms with Crippen LogP contribution in [0.4, 0.5) is 4.39 Å². The summed E-state index contributed by atoms with van der Waals surface area (Å²) in [5.41, 5.74) is -0.751. The molecule has 0 bridgehead atoms. The second-order valence-electron chi connectivity index (χ2n) is 3.90. The van der Waals surface area contributed by atoms with E-state index in [9.17, 15) is 9.50 Å². The van der Waals surface area contributed by atoms with Gasteiger partial charge in [0.2, 0.25) is 0 Å². The van der Waals surface area contributed by atoms with Crippen molar-refractivity contribution in [1.29, 1.82) is 0 Å². The summed E-state index contributed by atoms with van der Waals surface area (Å²) < 4.78 is 18.7. The van der Waals surface area contributed by atoms with Crippen LogP contribution < -0.4 is 5.32 Å². The van der Waals surface area contributed by atoms with Crippen LogP contribution in [-0.4, -0.2) is 18.2 Å². The van der Waals surface area contributed by atoms with Crippen molar-refractivity contribution >= 4 is 11.0 Å². The third-order valence-electron chi connectivity index (χ3n) is 2.79. The molecule has 1 aromatic heterocycles. The van der Waals surface area contributed by atoms with Gasteiger partial charge >= 0.3 is 0 Å². The maximum absolute atomic E-state index is 13.3. The number of hydrogen-bond donors (Lipinski definition) is 2. The van der Waals surface area contributed by atoms with E-state index < -0.39 is 11.4 Å². The van der Waals surface area contributed by atoms with Gasteiger partial charge in [-0.15, -0.1) is 0 Å². The Morgan fingerprint density at radius 1 is 1.40 bits per heavy atom. The molecule has 2 heterocycles. The molecule has 2 N–H and O–H groups in total. The highest BCUT2D eigenvalue weighted by Gasteiger charge is 2.39. The molecule has 0 saturated carbocycles. The zero-order chi connectivity index (χ0) is 10.5. The minimum atomic E-state index is -0.967. The quantitative estimate of drug-likeness (QED) is 0.742. The highest BCUT2D eigenvalue weighted by molar-refractivity contribution is 5.78. The van der Waals surface area contributed by atoms with Crippen LogP contribution in [0.5, 0.6) is 0 Å². The molecule has 15 heavy (non-hydrogen) atoms. The van der Waals surface area contributed by atoms with Gasteiger partial charge < -0.3 is 14.8 Å². The van der Waals surface area contributed by atoms with Crippen LogP contribution in [0.2, 0.25) is 0 Å². The molecule has 1 aliphatic heterocycles. The van der Waals surface area contributed by atoms with Gasteiger partial charge in [-0.2, -0.15) is 0 Å². The molecule has 0 atom stereocenters. The first-order valence-electron chi connectivity index (χ1n) is 4.81. The van der Waals surface area contributed by atoms with Gasteiger partial charge in [-0.1, -0.05) is 12.1 Å². The fourth-order valence-corrected chi connectivity index (χ4v) is 1.79. The lowest BCUT2D eigenvalue weighted by atomic mass is 9.94. The Hall–Kier alpha value is -1.39. The van der Waals surface area contributed by atoms with Gasteiger partial charge in [-0.3, -0.25) is 0 Å². The summed E-state index contributed by atoms with van der Waals surface area (Å²) in [6.07, 6.45) is 0. The van der Waals surface area contributed by atoms with Crippen molar-refractivity contribution in [1.82, 2.24) is 5.32 Å². The number of rotatable bonds is 1. The fourth-order valence-electron chi connectivity index (χ4n) is 1.79. The Morgan fingerprint density at radius 2 is 2.20 bits per heavy atom. The van der Waals surface area contributed by atoms with Crippen LogP contribution in [0.25, 0.3) is 11.0 Å². The molecule has 0 amide bonds. The van der Waals surface area contributed by atoms with Crippen molar-refractivity contribution < 1.29 is 13.9 Å².